The maximum absolute atomic E-state index is 6.24. The lowest BCUT2D eigenvalue weighted by atomic mass is 10.00. The third-order valence-corrected chi connectivity index (χ3v) is 4.55. The van der Waals surface area contributed by atoms with Gasteiger partial charge in [0.2, 0.25) is 0 Å². The van der Waals surface area contributed by atoms with E-state index in [4.69, 9.17) is 5.73 Å². The van der Waals surface area contributed by atoms with Crippen molar-refractivity contribution < 1.29 is 0 Å². The zero-order valence-electron chi connectivity index (χ0n) is 14.1. The Morgan fingerprint density at radius 3 is 2.32 bits per heavy atom. The predicted octanol–water partition coefficient (Wildman–Crippen LogP) is 4.92. The molecule has 22 heavy (non-hydrogen) atoms. The van der Waals surface area contributed by atoms with E-state index < -0.39 is 0 Å². The van der Waals surface area contributed by atoms with Crippen molar-refractivity contribution in [3.63, 3.8) is 0 Å². The second-order valence-electron chi connectivity index (χ2n) is 6.36. The molecule has 0 amide bonds. The van der Waals surface area contributed by atoms with Gasteiger partial charge in [0.1, 0.15) is 5.52 Å². The fraction of sp³-hybridized carbons (Fsp3) is 0.667. The van der Waals surface area contributed by atoms with Gasteiger partial charge in [-0.1, -0.05) is 63.5 Å². The van der Waals surface area contributed by atoms with E-state index in [2.05, 4.69) is 28.4 Å². The quantitative estimate of drug-likeness (QED) is 0.483. The Labute approximate surface area is 133 Å². The number of unbranched alkanes of at least 4 members (excludes halogenated alkanes) is 8. The number of aromatic amines is 1. The van der Waals surface area contributed by atoms with Crippen LogP contribution in [0, 0.1) is 6.92 Å². The Balaban J connectivity index is 1.70. The van der Waals surface area contributed by atoms with Gasteiger partial charge in [-0.15, -0.1) is 5.10 Å². The minimum atomic E-state index is 0.890. The Hall–Kier alpha value is -1.58. The van der Waals surface area contributed by atoms with E-state index >= 15 is 0 Å². The van der Waals surface area contributed by atoms with Gasteiger partial charge in [0, 0.05) is 11.3 Å². The average molecular weight is 302 g/mol. The van der Waals surface area contributed by atoms with Crippen LogP contribution in [-0.2, 0) is 6.42 Å². The molecule has 1 aromatic carbocycles. The van der Waals surface area contributed by atoms with Gasteiger partial charge < -0.3 is 5.73 Å². The van der Waals surface area contributed by atoms with Crippen LogP contribution in [0.5, 0.6) is 0 Å². The molecule has 0 spiro atoms. The molecule has 1 heterocycles. The molecule has 0 aliphatic heterocycles. The van der Waals surface area contributed by atoms with Crippen LogP contribution >= 0.6 is 0 Å². The van der Waals surface area contributed by atoms with Crippen LogP contribution in [0.25, 0.3) is 11.0 Å². The maximum atomic E-state index is 6.24. The molecule has 0 saturated heterocycles. The fourth-order valence-corrected chi connectivity index (χ4v) is 3.07. The normalized spacial score (nSPS) is 11.4. The lowest BCUT2D eigenvalue weighted by Crippen LogP contribution is -1.99. The summed E-state index contributed by atoms with van der Waals surface area (Å²) in [5, 5.41) is 10.9. The van der Waals surface area contributed by atoms with Gasteiger partial charge in [-0.3, -0.25) is 5.10 Å². The molecule has 0 bridgehead atoms. The number of rotatable bonds is 10. The van der Waals surface area contributed by atoms with Crippen molar-refractivity contribution in [2.45, 2.75) is 78.1 Å². The van der Waals surface area contributed by atoms with Gasteiger partial charge >= 0.3 is 0 Å². The zero-order chi connectivity index (χ0) is 15.8. The lowest BCUT2D eigenvalue weighted by molar-refractivity contribution is 0.565. The van der Waals surface area contributed by atoms with Crippen LogP contribution in [0.2, 0.25) is 0 Å². The van der Waals surface area contributed by atoms with Crippen molar-refractivity contribution in [2.75, 3.05) is 5.73 Å². The first kappa shape index (κ1) is 16.8. The van der Waals surface area contributed by atoms with Gasteiger partial charge in [0.25, 0.3) is 0 Å². The molecule has 0 saturated carbocycles. The van der Waals surface area contributed by atoms with E-state index in [1.165, 1.54) is 63.4 Å². The minimum Gasteiger partial charge on any atom is -0.398 e. The monoisotopic (exact) mass is 302 g/mol. The summed E-state index contributed by atoms with van der Waals surface area (Å²) in [7, 11) is 0. The van der Waals surface area contributed by atoms with Crippen LogP contribution in [0.1, 0.15) is 75.8 Å². The topological polar surface area (TPSA) is 67.6 Å². The van der Waals surface area contributed by atoms with Crippen LogP contribution < -0.4 is 5.73 Å². The molecule has 4 nitrogen and oxygen atoms in total. The van der Waals surface area contributed by atoms with Crippen molar-refractivity contribution in [1.82, 2.24) is 15.4 Å². The Kier molecular flexibility index (Phi) is 6.69. The summed E-state index contributed by atoms with van der Waals surface area (Å²) in [6, 6.07) is 2.11. The maximum Gasteiger partial charge on any atom is 0.117 e. The molecule has 0 aliphatic rings. The lowest BCUT2D eigenvalue weighted by Gasteiger charge is -2.09. The number of nitrogens with zero attached hydrogens (tertiary/aromatic N) is 2. The average Bonchev–Trinajstić information content (AvgIpc) is 2.99. The first-order chi connectivity index (χ1) is 10.7. The van der Waals surface area contributed by atoms with Crippen LogP contribution in [0.3, 0.4) is 0 Å². The first-order valence-electron chi connectivity index (χ1n) is 8.82. The summed E-state index contributed by atoms with van der Waals surface area (Å²) in [5.41, 5.74) is 11.3. The molecular formula is C18H30N4. The molecule has 0 atom stereocenters. The number of nitrogens with two attached hydrogens (primary N) is 1. The molecular weight excluding hydrogens is 272 g/mol. The minimum absolute atomic E-state index is 0.890. The SMILES string of the molecule is CCCCCCCCCCCc1cc2[nH]nnc2c(C)c1N. The number of fused-ring (bicyclic) bond motifs is 1. The number of benzene rings is 1. The molecule has 122 valence electrons. The molecule has 2 rings (SSSR count). The fourth-order valence-electron chi connectivity index (χ4n) is 3.07. The molecule has 1 aromatic heterocycles. The van der Waals surface area contributed by atoms with Gasteiger partial charge in [0.05, 0.1) is 5.52 Å². The second kappa shape index (κ2) is 8.76. The van der Waals surface area contributed by atoms with Crippen molar-refractivity contribution >= 4 is 16.7 Å². The van der Waals surface area contributed by atoms with E-state index in [1.54, 1.807) is 0 Å². The van der Waals surface area contributed by atoms with Gasteiger partial charge in [0.15, 0.2) is 0 Å². The van der Waals surface area contributed by atoms with Crippen molar-refractivity contribution in [3.8, 4) is 0 Å². The number of anilines is 1. The van der Waals surface area contributed by atoms with Crippen molar-refractivity contribution in [2.24, 2.45) is 0 Å². The molecule has 2 aromatic rings. The molecule has 0 unspecified atom stereocenters. The highest BCUT2D eigenvalue weighted by molar-refractivity contribution is 5.84. The largest absolute Gasteiger partial charge is 0.398 e. The Bertz CT molecular complexity index is 574. The smallest absolute Gasteiger partial charge is 0.117 e. The molecule has 4 heteroatoms. The van der Waals surface area contributed by atoms with Crippen LogP contribution in [0.15, 0.2) is 6.07 Å². The standard InChI is InChI=1S/C18H30N4/c1-3-4-5-6-7-8-9-10-11-12-15-13-16-18(21-22-20-16)14(2)17(15)19/h13H,3-12,19H2,1-2H3,(H,20,21,22). The summed E-state index contributed by atoms with van der Waals surface area (Å²) in [6.45, 7) is 4.30. The number of nitrogen functional groups attached to an aromatic ring is 1. The second-order valence-corrected chi connectivity index (χ2v) is 6.36. The molecule has 0 radical (unpaired) electrons. The van der Waals surface area contributed by atoms with Gasteiger partial charge in [-0.05, 0) is 31.4 Å². The number of H-pyrrole nitrogens is 1. The van der Waals surface area contributed by atoms with E-state index in [-0.39, 0.29) is 0 Å². The number of hydrogen-bond acceptors (Lipinski definition) is 3. The van der Waals surface area contributed by atoms with E-state index in [9.17, 15) is 0 Å². The highest BCUT2D eigenvalue weighted by Crippen LogP contribution is 2.26. The van der Waals surface area contributed by atoms with Gasteiger partial charge in [-0.2, -0.15) is 0 Å². The summed E-state index contributed by atoms with van der Waals surface area (Å²) in [6.07, 6.45) is 13.2. The van der Waals surface area contributed by atoms with E-state index in [0.29, 0.717) is 0 Å². The number of nitrogens with one attached hydrogen (secondary N) is 1. The predicted molar refractivity (Wildman–Crippen MR) is 94.0 cm³/mol. The number of hydrogen-bond donors (Lipinski definition) is 2. The summed E-state index contributed by atoms with van der Waals surface area (Å²) in [5.74, 6) is 0. The third kappa shape index (κ3) is 4.46. The molecule has 3 N–H and O–H groups in total. The first-order valence-corrected chi connectivity index (χ1v) is 8.82. The highest BCUT2D eigenvalue weighted by Gasteiger charge is 2.10. The van der Waals surface area contributed by atoms with E-state index in [0.717, 1.165) is 28.7 Å². The third-order valence-electron chi connectivity index (χ3n) is 4.55. The highest BCUT2D eigenvalue weighted by atomic mass is 15.3. The number of aromatic nitrogens is 3. The molecule has 0 aliphatic carbocycles. The van der Waals surface area contributed by atoms with Gasteiger partial charge in [-0.25, -0.2) is 0 Å². The van der Waals surface area contributed by atoms with Crippen LogP contribution in [0.4, 0.5) is 5.69 Å². The molecule has 0 fully saturated rings. The number of aryl methyl sites for hydroxylation is 2. The van der Waals surface area contributed by atoms with Crippen molar-refractivity contribution in [3.05, 3.63) is 17.2 Å². The van der Waals surface area contributed by atoms with Crippen molar-refractivity contribution in [1.29, 1.82) is 0 Å². The van der Waals surface area contributed by atoms with Crippen LogP contribution in [-0.4, -0.2) is 15.4 Å². The Morgan fingerprint density at radius 1 is 1.00 bits per heavy atom. The summed E-state index contributed by atoms with van der Waals surface area (Å²) < 4.78 is 0. The summed E-state index contributed by atoms with van der Waals surface area (Å²) in [4.78, 5) is 0. The summed E-state index contributed by atoms with van der Waals surface area (Å²) >= 11 is 0. The van der Waals surface area contributed by atoms with E-state index in [1.807, 2.05) is 6.92 Å². The zero-order valence-corrected chi connectivity index (χ0v) is 14.1. The Morgan fingerprint density at radius 2 is 1.64 bits per heavy atom.